The Morgan fingerprint density at radius 2 is 1.95 bits per heavy atom. The lowest BCUT2D eigenvalue weighted by molar-refractivity contribution is 0.0698. The van der Waals surface area contributed by atoms with Crippen molar-refractivity contribution in [3.05, 3.63) is 34.9 Å². The fourth-order valence-corrected chi connectivity index (χ4v) is 3.52. The van der Waals surface area contributed by atoms with Crippen LogP contribution >= 0.6 is 11.6 Å². The fraction of sp³-hybridized carbons (Fsp3) is 0.647. The Balaban J connectivity index is 2.18. The quantitative estimate of drug-likeness (QED) is 0.927. The third-order valence-corrected chi connectivity index (χ3v) is 5.45. The van der Waals surface area contributed by atoms with Gasteiger partial charge in [-0.25, -0.2) is 0 Å². The molecule has 4 heteroatoms. The van der Waals surface area contributed by atoms with E-state index in [0.717, 1.165) is 24.5 Å². The topological polar surface area (TPSA) is 32.5 Å². The van der Waals surface area contributed by atoms with Crippen LogP contribution in [0, 0.1) is 0 Å². The molecule has 1 aliphatic rings. The van der Waals surface area contributed by atoms with Crippen molar-refractivity contribution in [2.45, 2.75) is 37.8 Å². The molecule has 1 fully saturated rings. The number of likely N-dealkylation sites (tertiary alicyclic amines) is 1. The number of benzene rings is 1. The van der Waals surface area contributed by atoms with Crippen LogP contribution in [0.15, 0.2) is 24.3 Å². The minimum atomic E-state index is 0.101. The highest BCUT2D eigenvalue weighted by atomic mass is 35.5. The summed E-state index contributed by atoms with van der Waals surface area (Å²) >= 11 is 6.00. The highest BCUT2D eigenvalue weighted by molar-refractivity contribution is 6.30. The number of halogens is 1. The molecule has 0 amide bonds. The van der Waals surface area contributed by atoms with Gasteiger partial charge >= 0.3 is 0 Å². The second-order valence-corrected chi connectivity index (χ2v) is 6.86. The SMILES string of the molecule is CC(c1ccc(Cl)cc1)N(C)C1(CN)CCCN(C)CC1. The second kappa shape index (κ2) is 7.10. The highest BCUT2D eigenvalue weighted by Crippen LogP contribution is 2.33. The van der Waals surface area contributed by atoms with Crippen molar-refractivity contribution in [3.63, 3.8) is 0 Å². The molecule has 1 heterocycles. The summed E-state index contributed by atoms with van der Waals surface area (Å²) in [5, 5.41) is 0.790. The van der Waals surface area contributed by atoms with Gasteiger partial charge in [-0.05, 0) is 71.1 Å². The minimum absolute atomic E-state index is 0.101. The molecular weight excluding hydrogens is 282 g/mol. The Morgan fingerprint density at radius 3 is 2.57 bits per heavy atom. The molecule has 1 saturated heterocycles. The Bertz CT molecular complexity index is 448. The molecule has 21 heavy (non-hydrogen) atoms. The molecule has 0 bridgehead atoms. The normalized spacial score (nSPS) is 25.8. The first-order chi connectivity index (χ1) is 9.98. The Kier molecular flexibility index (Phi) is 5.67. The van der Waals surface area contributed by atoms with Gasteiger partial charge in [0.2, 0.25) is 0 Å². The lowest BCUT2D eigenvalue weighted by Crippen LogP contribution is -2.53. The Morgan fingerprint density at radius 1 is 1.29 bits per heavy atom. The minimum Gasteiger partial charge on any atom is -0.329 e. The summed E-state index contributed by atoms with van der Waals surface area (Å²) in [5.41, 5.74) is 7.61. The lowest BCUT2D eigenvalue weighted by atomic mass is 9.86. The van der Waals surface area contributed by atoms with Gasteiger partial charge in [0.1, 0.15) is 0 Å². The third kappa shape index (κ3) is 3.78. The second-order valence-electron chi connectivity index (χ2n) is 6.42. The number of nitrogens with zero attached hydrogens (tertiary/aromatic N) is 2. The number of nitrogens with two attached hydrogens (primary N) is 1. The molecule has 0 saturated carbocycles. The van der Waals surface area contributed by atoms with Crippen molar-refractivity contribution in [2.75, 3.05) is 33.7 Å². The third-order valence-electron chi connectivity index (χ3n) is 5.20. The molecule has 2 rings (SSSR count). The van der Waals surface area contributed by atoms with Crippen LogP contribution in [0.5, 0.6) is 0 Å². The van der Waals surface area contributed by atoms with E-state index in [-0.39, 0.29) is 5.54 Å². The summed E-state index contributed by atoms with van der Waals surface area (Å²) in [6, 6.07) is 8.52. The maximum Gasteiger partial charge on any atom is 0.0406 e. The van der Waals surface area contributed by atoms with Crippen LogP contribution in [0.3, 0.4) is 0 Å². The predicted octanol–water partition coefficient (Wildman–Crippen LogP) is 3.15. The molecule has 2 atom stereocenters. The van der Waals surface area contributed by atoms with Gasteiger partial charge in [0.15, 0.2) is 0 Å². The molecule has 3 nitrogen and oxygen atoms in total. The van der Waals surface area contributed by atoms with Crippen LogP contribution < -0.4 is 5.73 Å². The van der Waals surface area contributed by atoms with Gasteiger partial charge in [-0.2, -0.15) is 0 Å². The number of hydrogen-bond acceptors (Lipinski definition) is 3. The van der Waals surface area contributed by atoms with Gasteiger partial charge in [0.25, 0.3) is 0 Å². The molecule has 0 spiro atoms. The van der Waals surface area contributed by atoms with Crippen LogP contribution in [-0.2, 0) is 0 Å². The molecular formula is C17H28ClN3. The van der Waals surface area contributed by atoms with Crippen LogP contribution in [0.25, 0.3) is 0 Å². The summed E-state index contributed by atoms with van der Waals surface area (Å²) in [7, 11) is 4.42. The van der Waals surface area contributed by atoms with Crippen molar-refractivity contribution in [3.8, 4) is 0 Å². The first kappa shape index (κ1) is 16.8. The summed E-state index contributed by atoms with van der Waals surface area (Å²) in [5.74, 6) is 0. The number of likely N-dealkylation sites (N-methyl/N-ethyl adjacent to an activating group) is 1. The zero-order valence-electron chi connectivity index (χ0n) is 13.5. The molecule has 118 valence electrons. The van der Waals surface area contributed by atoms with Gasteiger partial charge < -0.3 is 10.6 Å². The first-order valence-corrected chi connectivity index (χ1v) is 8.23. The van der Waals surface area contributed by atoms with Gasteiger partial charge in [-0.15, -0.1) is 0 Å². The lowest BCUT2D eigenvalue weighted by Gasteiger charge is -2.44. The van der Waals surface area contributed by atoms with Gasteiger partial charge in [0.05, 0.1) is 0 Å². The summed E-state index contributed by atoms with van der Waals surface area (Å²) in [6.07, 6.45) is 3.52. The zero-order valence-corrected chi connectivity index (χ0v) is 14.2. The highest BCUT2D eigenvalue weighted by Gasteiger charge is 2.37. The molecule has 1 aliphatic heterocycles. The fourth-order valence-electron chi connectivity index (χ4n) is 3.39. The Labute approximate surface area is 134 Å². The largest absolute Gasteiger partial charge is 0.329 e. The van der Waals surface area contributed by atoms with Gasteiger partial charge in [-0.3, -0.25) is 4.90 Å². The van der Waals surface area contributed by atoms with Crippen molar-refractivity contribution in [1.29, 1.82) is 0 Å². The van der Waals surface area contributed by atoms with E-state index in [2.05, 4.69) is 43.0 Å². The van der Waals surface area contributed by atoms with Crippen molar-refractivity contribution >= 4 is 11.6 Å². The zero-order chi connectivity index (χ0) is 15.5. The molecule has 0 aliphatic carbocycles. The molecule has 0 radical (unpaired) electrons. The first-order valence-electron chi connectivity index (χ1n) is 7.85. The van der Waals surface area contributed by atoms with Crippen LogP contribution in [0.2, 0.25) is 5.02 Å². The summed E-state index contributed by atoms with van der Waals surface area (Å²) < 4.78 is 0. The van der Waals surface area contributed by atoms with Crippen molar-refractivity contribution in [2.24, 2.45) is 5.73 Å². The van der Waals surface area contributed by atoms with Gasteiger partial charge in [0, 0.05) is 23.1 Å². The molecule has 0 aromatic heterocycles. The maximum atomic E-state index is 6.21. The van der Waals surface area contributed by atoms with E-state index in [9.17, 15) is 0 Å². The molecule has 2 N–H and O–H groups in total. The average Bonchev–Trinajstić information content (AvgIpc) is 2.69. The van der Waals surface area contributed by atoms with Gasteiger partial charge in [-0.1, -0.05) is 23.7 Å². The van der Waals surface area contributed by atoms with E-state index in [4.69, 9.17) is 17.3 Å². The molecule has 1 aromatic carbocycles. The molecule has 1 aromatic rings. The van der Waals surface area contributed by atoms with Crippen LogP contribution in [0.1, 0.15) is 37.8 Å². The number of hydrogen-bond donors (Lipinski definition) is 1. The van der Waals surface area contributed by atoms with E-state index >= 15 is 0 Å². The molecule has 2 unspecified atom stereocenters. The van der Waals surface area contributed by atoms with Crippen LogP contribution in [-0.4, -0.2) is 49.1 Å². The maximum absolute atomic E-state index is 6.21. The summed E-state index contributed by atoms with van der Waals surface area (Å²) in [6.45, 7) is 5.27. The summed E-state index contributed by atoms with van der Waals surface area (Å²) in [4.78, 5) is 4.90. The smallest absolute Gasteiger partial charge is 0.0406 e. The monoisotopic (exact) mass is 309 g/mol. The van der Waals surface area contributed by atoms with E-state index in [1.807, 2.05) is 12.1 Å². The van der Waals surface area contributed by atoms with E-state index < -0.39 is 0 Å². The van der Waals surface area contributed by atoms with E-state index in [1.54, 1.807) is 0 Å². The van der Waals surface area contributed by atoms with E-state index in [1.165, 1.54) is 24.9 Å². The predicted molar refractivity (Wildman–Crippen MR) is 90.8 cm³/mol. The van der Waals surface area contributed by atoms with Crippen LogP contribution in [0.4, 0.5) is 0 Å². The Hall–Kier alpha value is -0.610. The number of rotatable bonds is 4. The van der Waals surface area contributed by atoms with E-state index in [0.29, 0.717) is 6.04 Å². The standard InChI is InChI=1S/C17H28ClN3/c1-14(15-5-7-16(18)8-6-15)21(3)17(13-19)9-4-11-20(2)12-10-17/h5-8,14H,4,9-13,19H2,1-3H3. The van der Waals surface area contributed by atoms with Crippen molar-refractivity contribution < 1.29 is 0 Å². The average molecular weight is 310 g/mol. The van der Waals surface area contributed by atoms with Crippen molar-refractivity contribution in [1.82, 2.24) is 9.80 Å².